The van der Waals surface area contributed by atoms with E-state index >= 15 is 0 Å². The van der Waals surface area contributed by atoms with Crippen LogP contribution in [0.15, 0.2) is 41.3 Å². The van der Waals surface area contributed by atoms with E-state index < -0.39 is 58.7 Å². The second-order valence-corrected chi connectivity index (χ2v) is 12.2. The summed E-state index contributed by atoms with van der Waals surface area (Å²) in [6, 6.07) is 6.89. The fraction of sp³-hybridized carbons (Fsp3) is 0.520. The molecule has 1 aliphatic heterocycles. The van der Waals surface area contributed by atoms with Crippen molar-refractivity contribution in [3.8, 4) is 0 Å². The first-order valence-electron chi connectivity index (χ1n) is 12.4. The minimum Gasteiger partial charge on any atom is -0.395 e. The van der Waals surface area contributed by atoms with Crippen LogP contribution in [0.25, 0.3) is 0 Å². The fourth-order valence-corrected chi connectivity index (χ4v) is 6.04. The second kappa shape index (κ2) is 9.39. The molecule has 200 valence electrons. The molecule has 0 bridgehead atoms. The molecule has 1 saturated heterocycles. The van der Waals surface area contributed by atoms with Gasteiger partial charge in [-0.2, -0.15) is 0 Å². The summed E-state index contributed by atoms with van der Waals surface area (Å²) in [7, 11) is -3.76. The van der Waals surface area contributed by atoms with Crippen LogP contribution in [-0.2, 0) is 10.0 Å². The number of nitrogens with one attached hydrogen (secondary N) is 2. The van der Waals surface area contributed by atoms with Crippen molar-refractivity contribution >= 4 is 33.0 Å². The smallest absolute Gasteiger partial charge is 0.274 e. The van der Waals surface area contributed by atoms with Crippen molar-refractivity contribution in [1.82, 2.24) is 4.57 Å². The average molecular weight is 537 g/mol. The Labute approximate surface area is 213 Å². The van der Waals surface area contributed by atoms with Crippen molar-refractivity contribution in [3.05, 3.63) is 52.4 Å². The second-order valence-electron chi connectivity index (χ2n) is 10.4. The summed E-state index contributed by atoms with van der Waals surface area (Å²) in [6.45, 7) is 0.895. The predicted molar refractivity (Wildman–Crippen MR) is 136 cm³/mol. The van der Waals surface area contributed by atoms with Crippen LogP contribution < -0.4 is 20.5 Å². The number of rotatable bonds is 8. The van der Waals surface area contributed by atoms with Crippen LogP contribution in [0.1, 0.15) is 54.9 Å². The molecule has 37 heavy (non-hydrogen) atoms. The monoisotopic (exact) mass is 536 g/mol. The summed E-state index contributed by atoms with van der Waals surface area (Å²) in [6.07, 6.45) is 4.95. The van der Waals surface area contributed by atoms with Crippen LogP contribution in [-0.4, -0.2) is 55.4 Å². The van der Waals surface area contributed by atoms with Gasteiger partial charge in [0.05, 0.1) is 29.3 Å². The van der Waals surface area contributed by atoms with Crippen molar-refractivity contribution < 1.29 is 27.1 Å². The lowest BCUT2D eigenvalue weighted by Gasteiger charge is -2.36. The summed E-state index contributed by atoms with van der Waals surface area (Å²) < 4.78 is 54.7. The van der Waals surface area contributed by atoms with Gasteiger partial charge in [-0.25, -0.2) is 17.2 Å². The van der Waals surface area contributed by atoms with E-state index in [1.165, 1.54) is 47.9 Å². The highest BCUT2D eigenvalue weighted by Crippen LogP contribution is 2.54. The SMILES string of the molecule is O=C(Nc1cccn(C2CC(F)(F)C2)c1=O)c1ccc(NS(=O)(=O)CCO)cc1N1CCC2(CC1)CC2. The Balaban J connectivity index is 1.41. The number of carbonyl (C=O) groups excluding carboxylic acids is 1. The topological polar surface area (TPSA) is 121 Å². The molecule has 0 atom stereocenters. The van der Waals surface area contributed by atoms with Crippen LogP contribution >= 0.6 is 0 Å². The number of alkyl halides is 2. The number of halogens is 2. The quantitative estimate of drug-likeness (QED) is 0.477. The maximum absolute atomic E-state index is 13.4. The normalized spacial score (nSPS) is 20.4. The zero-order chi connectivity index (χ0) is 26.4. The maximum Gasteiger partial charge on any atom is 0.274 e. The van der Waals surface area contributed by atoms with E-state index in [4.69, 9.17) is 5.11 Å². The Bertz CT molecular complexity index is 1360. The number of anilines is 3. The van der Waals surface area contributed by atoms with Gasteiger partial charge in [0.25, 0.3) is 17.4 Å². The van der Waals surface area contributed by atoms with E-state index in [0.717, 1.165) is 12.8 Å². The molecule has 3 fully saturated rings. The summed E-state index contributed by atoms with van der Waals surface area (Å²) in [4.78, 5) is 28.3. The number of hydrogen-bond donors (Lipinski definition) is 3. The lowest BCUT2D eigenvalue weighted by atomic mass is 9.88. The van der Waals surface area contributed by atoms with Crippen molar-refractivity contribution in [2.24, 2.45) is 5.41 Å². The maximum atomic E-state index is 13.4. The molecular weight excluding hydrogens is 506 g/mol. The standard InChI is InChI=1S/C25H30F2N4O5S/c26-25(27)15-18(16-25)31-9-1-2-20(23(31)34)28-22(33)19-4-3-17(29-37(35,36)13-12-32)14-21(19)30-10-7-24(5-6-24)8-11-30/h1-4,9,14,18,29,32H,5-8,10-13,15-16H2,(H,28,33). The molecule has 2 heterocycles. The minimum absolute atomic E-state index is 0.0167. The third-order valence-corrected chi connectivity index (χ3v) is 8.95. The molecule has 3 N–H and O–H groups in total. The van der Waals surface area contributed by atoms with Crippen LogP contribution in [0.2, 0.25) is 0 Å². The number of carbonyl (C=O) groups is 1. The Morgan fingerprint density at radius 2 is 1.81 bits per heavy atom. The van der Waals surface area contributed by atoms with E-state index in [9.17, 15) is 26.8 Å². The molecule has 3 aliphatic rings. The van der Waals surface area contributed by atoms with Gasteiger partial charge in [0.2, 0.25) is 10.0 Å². The van der Waals surface area contributed by atoms with Gasteiger partial charge < -0.3 is 19.9 Å². The number of aliphatic hydroxyl groups excluding tert-OH is 1. The number of sulfonamides is 1. The molecular formula is C25H30F2N4O5S. The van der Waals surface area contributed by atoms with Gasteiger partial charge in [-0.1, -0.05) is 0 Å². The first kappa shape index (κ1) is 25.7. The van der Waals surface area contributed by atoms with E-state index in [1.807, 2.05) is 4.90 Å². The molecule has 2 saturated carbocycles. The van der Waals surface area contributed by atoms with Gasteiger partial charge in [-0.3, -0.25) is 14.3 Å². The molecule has 0 radical (unpaired) electrons. The van der Waals surface area contributed by atoms with Crippen molar-refractivity contribution in [1.29, 1.82) is 0 Å². The first-order chi connectivity index (χ1) is 17.5. The summed E-state index contributed by atoms with van der Waals surface area (Å²) in [5.41, 5.74) is 0.873. The summed E-state index contributed by atoms with van der Waals surface area (Å²) in [5, 5.41) is 11.7. The average Bonchev–Trinajstić information content (AvgIpc) is 3.57. The number of piperidine rings is 1. The Kier molecular flexibility index (Phi) is 6.51. The van der Waals surface area contributed by atoms with E-state index in [1.54, 1.807) is 6.07 Å². The number of aliphatic hydroxyl groups is 1. The van der Waals surface area contributed by atoms with Crippen molar-refractivity contribution in [2.45, 2.75) is 50.5 Å². The third kappa shape index (κ3) is 5.49. The highest BCUT2D eigenvalue weighted by atomic mass is 32.2. The first-order valence-corrected chi connectivity index (χ1v) is 14.1. The predicted octanol–water partition coefficient (Wildman–Crippen LogP) is 3.19. The number of aromatic nitrogens is 1. The highest BCUT2D eigenvalue weighted by Gasteiger charge is 2.47. The van der Waals surface area contributed by atoms with E-state index in [0.29, 0.717) is 24.2 Å². The Hall–Kier alpha value is -2.99. The lowest BCUT2D eigenvalue weighted by molar-refractivity contribution is -0.104. The lowest BCUT2D eigenvalue weighted by Crippen LogP contribution is -2.41. The van der Waals surface area contributed by atoms with Gasteiger partial charge in [-0.05, 0) is 61.4 Å². The minimum atomic E-state index is -3.76. The van der Waals surface area contributed by atoms with E-state index in [2.05, 4.69) is 10.0 Å². The molecule has 1 amide bonds. The zero-order valence-electron chi connectivity index (χ0n) is 20.3. The molecule has 0 unspecified atom stereocenters. The number of benzene rings is 1. The van der Waals surface area contributed by atoms with Crippen LogP contribution in [0, 0.1) is 5.41 Å². The summed E-state index contributed by atoms with van der Waals surface area (Å²) in [5.74, 6) is -3.80. The largest absolute Gasteiger partial charge is 0.395 e. The molecule has 1 aromatic heterocycles. The van der Waals surface area contributed by atoms with Crippen LogP contribution in [0.5, 0.6) is 0 Å². The number of amides is 1. The zero-order valence-corrected chi connectivity index (χ0v) is 21.1. The molecule has 2 aromatic rings. The Morgan fingerprint density at radius 1 is 1.11 bits per heavy atom. The fourth-order valence-electron chi connectivity index (χ4n) is 5.21. The molecule has 9 nitrogen and oxygen atoms in total. The van der Waals surface area contributed by atoms with Crippen LogP contribution in [0.4, 0.5) is 25.8 Å². The Morgan fingerprint density at radius 3 is 2.43 bits per heavy atom. The molecule has 5 rings (SSSR count). The van der Waals surface area contributed by atoms with Gasteiger partial charge in [0.15, 0.2) is 0 Å². The number of pyridine rings is 1. The van der Waals surface area contributed by atoms with Crippen molar-refractivity contribution in [3.63, 3.8) is 0 Å². The molecule has 12 heteroatoms. The molecule has 1 spiro atoms. The summed E-state index contributed by atoms with van der Waals surface area (Å²) >= 11 is 0. The molecule has 2 aliphatic carbocycles. The van der Waals surface area contributed by atoms with E-state index in [-0.39, 0.29) is 16.9 Å². The third-order valence-electron chi connectivity index (χ3n) is 7.68. The number of hydrogen-bond acceptors (Lipinski definition) is 6. The highest BCUT2D eigenvalue weighted by molar-refractivity contribution is 7.92. The van der Waals surface area contributed by atoms with Gasteiger partial charge in [0, 0.05) is 38.2 Å². The van der Waals surface area contributed by atoms with Crippen LogP contribution in [0.3, 0.4) is 0 Å². The van der Waals surface area contributed by atoms with Gasteiger partial charge in [-0.15, -0.1) is 0 Å². The van der Waals surface area contributed by atoms with Crippen molar-refractivity contribution in [2.75, 3.05) is 40.4 Å². The number of nitrogens with zero attached hydrogens (tertiary/aromatic N) is 2. The molecule has 1 aromatic carbocycles. The van der Waals surface area contributed by atoms with Gasteiger partial charge in [0.1, 0.15) is 5.69 Å². The van der Waals surface area contributed by atoms with Gasteiger partial charge >= 0.3 is 0 Å².